The van der Waals surface area contributed by atoms with Crippen LogP contribution in [-0.2, 0) is 16.6 Å². The zero-order valence-electron chi connectivity index (χ0n) is 13.6. The molecule has 2 aromatic heterocycles. The number of hydrogen-bond acceptors (Lipinski definition) is 5. The van der Waals surface area contributed by atoms with Gasteiger partial charge in [0.2, 0.25) is 10.0 Å². The third kappa shape index (κ3) is 2.24. The minimum atomic E-state index is -3.65. The van der Waals surface area contributed by atoms with Crippen LogP contribution in [0.15, 0.2) is 32.4 Å². The first-order valence-corrected chi connectivity index (χ1v) is 9.44. The number of nitrogens with zero attached hydrogens (tertiary/aromatic N) is 3. The van der Waals surface area contributed by atoms with Gasteiger partial charge in [0.25, 0.3) is 5.56 Å². The molecule has 0 aromatic carbocycles. The number of hydrogen-bond donors (Lipinski definition) is 0. The zero-order valence-corrected chi connectivity index (χ0v) is 14.4. The number of aryl methyl sites for hydroxylation is 2. The molecule has 128 valence electrons. The molecule has 2 aliphatic rings. The molecule has 4 rings (SSSR count). The Morgan fingerprint density at radius 2 is 2.00 bits per heavy atom. The van der Waals surface area contributed by atoms with Crippen molar-refractivity contribution in [3.8, 4) is 0 Å². The van der Waals surface area contributed by atoms with E-state index in [2.05, 4.69) is 5.16 Å². The standard InChI is InChI=1S/C16H19N3O4S/c1-10-16(11(2)23-17-10)24(21,22)18-7-12-6-13(9-18)14-4-3-5-15(20)19(14)8-12/h3-5,12-13H,6-9H2,1-2H3/t12-,13+/m1/s1. The van der Waals surface area contributed by atoms with E-state index in [0.717, 1.165) is 12.1 Å². The van der Waals surface area contributed by atoms with E-state index in [-0.39, 0.29) is 22.3 Å². The first-order chi connectivity index (χ1) is 11.4. The predicted octanol–water partition coefficient (Wildman–Crippen LogP) is 1.26. The molecular weight excluding hydrogens is 330 g/mol. The number of rotatable bonds is 2. The van der Waals surface area contributed by atoms with Crippen molar-refractivity contribution in [3.05, 3.63) is 45.7 Å². The van der Waals surface area contributed by atoms with Gasteiger partial charge in [-0.1, -0.05) is 11.2 Å². The molecule has 24 heavy (non-hydrogen) atoms. The van der Waals surface area contributed by atoms with Crippen molar-refractivity contribution in [2.45, 2.75) is 37.6 Å². The van der Waals surface area contributed by atoms with Gasteiger partial charge >= 0.3 is 0 Å². The lowest BCUT2D eigenvalue weighted by Crippen LogP contribution is -2.49. The molecule has 7 nitrogen and oxygen atoms in total. The first kappa shape index (κ1) is 15.6. The Kier molecular flexibility index (Phi) is 3.43. The van der Waals surface area contributed by atoms with Crippen LogP contribution in [0.3, 0.4) is 0 Å². The van der Waals surface area contributed by atoms with Crippen LogP contribution >= 0.6 is 0 Å². The highest BCUT2D eigenvalue weighted by Gasteiger charge is 2.41. The van der Waals surface area contributed by atoms with E-state index in [9.17, 15) is 13.2 Å². The number of piperidine rings is 1. The molecule has 8 heteroatoms. The van der Waals surface area contributed by atoms with Gasteiger partial charge < -0.3 is 9.09 Å². The molecular formula is C16H19N3O4S. The van der Waals surface area contributed by atoms with E-state index in [1.807, 2.05) is 6.07 Å². The summed E-state index contributed by atoms with van der Waals surface area (Å²) in [5, 5.41) is 3.77. The van der Waals surface area contributed by atoms with Crippen molar-refractivity contribution < 1.29 is 12.9 Å². The summed E-state index contributed by atoms with van der Waals surface area (Å²) in [6.45, 7) is 4.63. The minimum Gasteiger partial charge on any atom is -0.360 e. The second-order valence-electron chi connectivity index (χ2n) is 6.67. The fraction of sp³-hybridized carbons (Fsp3) is 0.500. The maximum atomic E-state index is 13.1. The van der Waals surface area contributed by atoms with Crippen LogP contribution in [0, 0.1) is 19.8 Å². The molecule has 0 N–H and O–H groups in total. The molecule has 0 amide bonds. The highest BCUT2D eigenvalue weighted by molar-refractivity contribution is 7.89. The van der Waals surface area contributed by atoms with Gasteiger partial charge in [0.05, 0.1) is 0 Å². The Bertz CT molecular complexity index is 940. The van der Waals surface area contributed by atoms with Crippen molar-refractivity contribution in [1.82, 2.24) is 14.0 Å². The lowest BCUT2D eigenvalue weighted by Gasteiger charge is -2.41. The largest absolute Gasteiger partial charge is 0.360 e. The van der Waals surface area contributed by atoms with Crippen LogP contribution in [-0.4, -0.2) is 35.5 Å². The van der Waals surface area contributed by atoms with E-state index in [0.29, 0.717) is 31.1 Å². The van der Waals surface area contributed by atoms with Crippen LogP contribution < -0.4 is 5.56 Å². The second-order valence-corrected chi connectivity index (χ2v) is 8.55. The quantitative estimate of drug-likeness (QED) is 0.815. The van der Waals surface area contributed by atoms with Gasteiger partial charge in [0, 0.05) is 37.3 Å². The number of aromatic nitrogens is 2. The average Bonchev–Trinajstić information content (AvgIpc) is 2.88. The summed E-state index contributed by atoms with van der Waals surface area (Å²) < 4.78 is 34.5. The molecule has 4 heterocycles. The topological polar surface area (TPSA) is 85.4 Å². The highest BCUT2D eigenvalue weighted by Crippen LogP contribution is 2.37. The van der Waals surface area contributed by atoms with Gasteiger partial charge in [-0.05, 0) is 32.3 Å². The monoisotopic (exact) mass is 349 g/mol. The number of fused-ring (bicyclic) bond motifs is 4. The summed E-state index contributed by atoms with van der Waals surface area (Å²) >= 11 is 0. The lowest BCUT2D eigenvalue weighted by atomic mass is 9.84. The van der Waals surface area contributed by atoms with Gasteiger partial charge in [0.15, 0.2) is 5.76 Å². The van der Waals surface area contributed by atoms with E-state index < -0.39 is 10.0 Å². The summed E-state index contributed by atoms with van der Waals surface area (Å²) in [5.41, 5.74) is 1.31. The first-order valence-electron chi connectivity index (χ1n) is 8.00. The molecule has 0 aliphatic carbocycles. The van der Waals surface area contributed by atoms with Crippen LogP contribution in [0.2, 0.25) is 0 Å². The third-order valence-electron chi connectivity index (χ3n) is 5.01. The Morgan fingerprint density at radius 3 is 2.71 bits per heavy atom. The molecule has 2 aliphatic heterocycles. The summed E-state index contributed by atoms with van der Waals surface area (Å²) in [4.78, 5) is 12.2. The molecule has 2 atom stereocenters. The van der Waals surface area contributed by atoms with Gasteiger partial charge in [-0.15, -0.1) is 0 Å². The number of sulfonamides is 1. The minimum absolute atomic E-state index is 0.00997. The maximum absolute atomic E-state index is 13.1. The summed E-state index contributed by atoms with van der Waals surface area (Å²) in [6.07, 6.45) is 0.914. The van der Waals surface area contributed by atoms with Crippen LogP contribution in [0.25, 0.3) is 0 Å². The van der Waals surface area contributed by atoms with Crippen LogP contribution in [0.1, 0.15) is 29.5 Å². The fourth-order valence-electron chi connectivity index (χ4n) is 4.02. The van der Waals surface area contributed by atoms with Crippen molar-refractivity contribution in [1.29, 1.82) is 0 Å². The van der Waals surface area contributed by atoms with Crippen molar-refractivity contribution in [3.63, 3.8) is 0 Å². The van der Waals surface area contributed by atoms with Gasteiger partial charge in [-0.3, -0.25) is 4.79 Å². The van der Waals surface area contributed by atoms with Crippen molar-refractivity contribution in [2.24, 2.45) is 5.92 Å². The van der Waals surface area contributed by atoms with E-state index in [4.69, 9.17) is 4.52 Å². The van der Waals surface area contributed by atoms with E-state index in [1.165, 1.54) is 4.31 Å². The Labute approximate surface area is 139 Å². The average molecular weight is 349 g/mol. The Hall–Kier alpha value is -1.93. The molecule has 2 aromatic rings. The molecule has 1 saturated heterocycles. The molecule has 0 radical (unpaired) electrons. The molecule has 0 unspecified atom stereocenters. The zero-order chi connectivity index (χ0) is 17.1. The summed E-state index contributed by atoms with van der Waals surface area (Å²) in [6, 6.07) is 5.23. The molecule has 0 spiro atoms. The second kappa shape index (κ2) is 5.29. The highest BCUT2D eigenvalue weighted by atomic mass is 32.2. The van der Waals surface area contributed by atoms with E-state index >= 15 is 0 Å². The Morgan fingerprint density at radius 1 is 1.21 bits per heavy atom. The van der Waals surface area contributed by atoms with Crippen LogP contribution in [0.5, 0.6) is 0 Å². The smallest absolute Gasteiger partial charge is 0.250 e. The lowest BCUT2D eigenvalue weighted by molar-refractivity contribution is 0.186. The van der Waals surface area contributed by atoms with Crippen molar-refractivity contribution >= 4 is 10.0 Å². The number of pyridine rings is 1. The Balaban J connectivity index is 1.73. The normalized spacial score (nSPS) is 23.9. The molecule has 0 saturated carbocycles. The fourth-order valence-corrected chi connectivity index (χ4v) is 5.87. The van der Waals surface area contributed by atoms with E-state index in [1.54, 1.807) is 30.5 Å². The van der Waals surface area contributed by atoms with Gasteiger partial charge in [0.1, 0.15) is 10.6 Å². The summed E-state index contributed by atoms with van der Waals surface area (Å²) in [7, 11) is -3.65. The molecule has 1 fully saturated rings. The van der Waals surface area contributed by atoms with Crippen molar-refractivity contribution in [2.75, 3.05) is 13.1 Å². The summed E-state index contributed by atoms with van der Waals surface area (Å²) in [5.74, 6) is 0.507. The van der Waals surface area contributed by atoms with Crippen LogP contribution in [0.4, 0.5) is 0 Å². The van der Waals surface area contributed by atoms with Gasteiger partial charge in [-0.25, -0.2) is 8.42 Å². The maximum Gasteiger partial charge on any atom is 0.250 e. The predicted molar refractivity (Wildman–Crippen MR) is 86.3 cm³/mol. The third-order valence-corrected chi connectivity index (χ3v) is 7.09. The molecule has 2 bridgehead atoms. The van der Waals surface area contributed by atoms with Gasteiger partial charge in [-0.2, -0.15) is 4.31 Å². The SMILES string of the molecule is Cc1noc(C)c1S(=O)(=O)N1C[C@H]2C[C@@H](C1)c1cccc(=O)n1C2.